The van der Waals surface area contributed by atoms with Gasteiger partial charge < -0.3 is 18.8 Å². The molecule has 0 amide bonds. The Morgan fingerprint density at radius 3 is 2.52 bits per heavy atom. The predicted molar refractivity (Wildman–Crippen MR) is 117 cm³/mol. The summed E-state index contributed by atoms with van der Waals surface area (Å²) in [6, 6.07) is 9.87. The van der Waals surface area contributed by atoms with Gasteiger partial charge in [-0.15, -0.1) is 10.2 Å². The van der Waals surface area contributed by atoms with Crippen molar-refractivity contribution in [1.82, 2.24) is 14.8 Å². The highest BCUT2D eigenvalue weighted by Gasteiger charge is 2.19. The van der Waals surface area contributed by atoms with Crippen LogP contribution in [-0.4, -0.2) is 47.6 Å². The average Bonchev–Trinajstić information content (AvgIpc) is 3.17. The van der Waals surface area contributed by atoms with E-state index in [1.54, 1.807) is 27.4 Å². The van der Waals surface area contributed by atoms with Crippen LogP contribution in [-0.2, 0) is 11.3 Å². The number of nitrogens with zero attached hydrogens (tertiary/aromatic N) is 4. The molecule has 3 rings (SSSR count). The first-order valence-electron chi connectivity index (χ1n) is 9.24. The average molecular weight is 465 g/mol. The second-order valence-corrected chi connectivity index (χ2v) is 7.76. The molecule has 0 fully saturated rings. The third-order valence-electron chi connectivity index (χ3n) is 4.42. The standard InChI is InChI=1S/C20H21ClN4O5S/c1-28-10-4-9-24-19(13-5-7-16(29-2)17(11-13)30-3)22-23-20(24)31-18-8-6-14(25(26)27)12-15(18)21/h5-8,11-12H,4,9-10H2,1-3H3. The Kier molecular flexibility index (Phi) is 7.72. The number of rotatable bonds is 10. The Morgan fingerprint density at radius 1 is 1.10 bits per heavy atom. The molecule has 1 aromatic heterocycles. The highest BCUT2D eigenvalue weighted by molar-refractivity contribution is 7.99. The third kappa shape index (κ3) is 5.27. The van der Waals surface area contributed by atoms with Gasteiger partial charge in [-0.2, -0.15) is 0 Å². The summed E-state index contributed by atoms with van der Waals surface area (Å²) in [6.07, 6.45) is 0.746. The number of aromatic nitrogens is 3. The Balaban J connectivity index is 1.98. The minimum atomic E-state index is -0.483. The SMILES string of the molecule is COCCCn1c(Sc2ccc([N+](=O)[O-])cc2Cl)nnc1-c1ccc(OC)c(OC)c1. The van der Waals surface area contributed by atoms with E-state index in [1.807, 2.05) is 22.8 Å². The molecule has 0 aliphatic rings. The van der Waals surface area contributed by atoms with E-state index in [1.165, 1.54) is 23.9 Å². The zero-order valence-electron chi connectivity index (χ0n) is 17.2. The number of ether oxygens (including phenoxy) is 3. The van der Waals surface area contributed by atoms with E-state index in [0.717, 1.165) is 12.0 Å². The van der Waals surface area contributed by atoms with Crippen LogP contribution >= 0.6 is 23.4 Å². The van der Waals surface area contributed by atoms with Crippen LogP contribution < -0.4 is 9.47 Å². The maximum atomic E-state index is 11.0. The lowest BCUT2D eigenvalue weighted by molar-refractivity contribution is -0.384. The molecule has 11 heteroatoms. The van der Waals surface area contributed by atoms with Crippen LogP contribution in [0.15, 0.2) is 46.5 Å². The third-order valence-corrected chi connectivity index (χ3v) is 5.90. The number of hydrogen-bond donors (Lipinski definition) is 0. The molecule has 0 atom stereocenters. The van der Waals surface area contributed by atoms with Crippen molar-refractivity contribution < 1.29 is 19.1 Å². The van der Waals surface area contributed by atoms with E-state index in [4.69, 9.17) is 25.8 Å². The number of nitro benzene ring substituents is 1. The summed E-state index contributed by atoms with van der Waals surface area (Å²) in [4.78, 5) is 11.1. The fraction of sp³-hybridized carbons (Fsp3) is 0.300. The normalized spacial score (nSPS) is 10.8. The highest BCUT2D eigenvalue weighted by atomic mass is 35.5. The van der Waals surface area contributed by atoms with Gasteiger partial charge in [-0.25, -0.2) is 0 Å². The molecule has 0 bridgehead atoms. The Labute approximate surface area is 188 Å². The summed E-state index contributed by atoms with van der Waals surface area (Å²) < 4.78 is 17.9. The summed E-state index contributed by atoms with van der Waals surface area (Å²) in [5, 5.41) is 20.6. The van der Waals surface area contributed by atoms with Gasteiger partial charge in [0.2, 0.25) is 0 Å². The van der Waals surface area contributed by atoms with Crippen LogP contribution in [0, 0.1) is 10.1 Å². The largest absolute Gasteiger partial charge is 0.493 e. The molecule has 3 aromatic rings. The van der Waals surface area contributed by atoms with Crippen molar-refractivity contribution in [3.05, 3.63) is 51.5 Å². The van der Waals surface area contributed by atoms with Gasteiger partial charge in [0.05, 0.1) is 24.2 Å². The van der Waals surface area contributed by atoms with Crippen molar-refractivity contribution in [1.29, 1.82) is 0 Å². The van der Waals surface area contributed by atoms with Crippen molar-refractivity contribution in [2.45, 2.75) is 23.0 Å². The van der Waals surface area contributed by atoms with Crippen molar-refractivity contribution >= 4 is 29.1 Å². The smallest absolute Gasteiger partial charge is 0.270 e. The molecule has 0 aliphatic carbocycles. The fourth-order valence-electron chi connectivity index (χ4n) is 2.91. The Bertz CT molecular complexity index is 1080. The lowest BCUT2D eigenvalue weighted by Crippen LogP contribution is -2.05. The number of benzene rings is 2. The monoisotopic (exact) mass is 464 g/mol. The van der Waals surface area contributed by atoms with Crippen LogP contribution in [0.1, 0.15) is 6.42 Å². The van der Waals surface area contributed by atoms with E-state index in [9.17, 15) is 10.1 Å². The topological polar surface area (TPSA) is 102 Å². The van der Waals surface area contributed by atoms with E-state index < -0.39 is 4.92 Å². The van der Waals surface area contributed by atoms with Gasteiger partial charge >= 0.3 is 0 Å². The molecule has 0 spiro atoms. The molecule has 0 unspecified atom stereocenters. The molecule has 9 nitrogen and oxygen atoms in total. The first kappa shape index (κ1) is 22.9. The molecule has 0 aliphatic heterocycles. The van der Waals surface area contributed by atoms with E-state index in [0.29, 0.717) is 40.5 Å². The number of nitro groups is 1. The maximum Gasteiger partial charge on any atom is 0.270 e. The molecule has 2 aromatic carbocycles. The number of hydrogen-bond acceptors (Lipinski definition) is 8. The molecule has 1 heterocycles. The van der Waals surface area contributed by atoms with Gasteiger partial charge in [0.15, 0.2) is 22.5 Å². The number of halogens is 1. The molecule has 0 radical (unpaired) electrons. The van der Waals surface area contributed by atoms with Crippen LogP contribution in [0.3, 0.4) is 0 Å². The second-order valence-electron chi connectivity index (χ2n) is 6.35. The quantitative estimate of drug-likeness (QED) is 0.241. The summed E-state index contributed by atoms with van der Waals surface area (Å²) >= 11 is 7.56. The van der Waals surface area contributed by atoms with Crippen molar-refractivity contribution in [3.63, 3.8) is 0 Å². The van der Waals surface area contributed by atoms with Gasteiger partial charge in [-0.3, -0.25) is 10.1 Å². The number of methoxy groups -OCH3 is 3. The zero-order chi connectivity index (χ0) is 22.4. The summed E-state index contributed by atoms with van der Waals surface area (Å²) in [5.41, 5.74) is 0.742. The van der Waals surface area contributed by atoms with Crippen LogP contribution in [0.5, 0.6) is 11.5 Å². The summed E-state index contributed by atoms with van der Waals surface area (Å²) in [5.74, 6) is 1.85. The molecule has 0 N–H and O–H groups in total. The number of non-ortho nitro benzene ring substituents is 1. The summed E-state index contributed by atoms with van der Waals surface area (Å²) in [7, 11) is 4.80. The van der Waals surface area contributed by atoms with Crippen molar-refractivity contribution in [3.8, 4) is 22.9 Å². The van der Waals surface area contributed by atoms with Crippen LogP contribution in [0.2, 0.25) is 5.02 Å². The minimum Gasteiger partial charge on any atom is -0.493 e. The van der Waals surface area contributed by atoms with Crippen molar-refractivity contribution in [2.75, 3.05) is 27.9 Å². The second kappa shape index (κ2) is 10.5. The maximum absolute atomic E-state index is 11.0. The van der Waals surface area contributed by atoms with E-state index in [-0.39, 0.29) is 10.7 Å². The van der Waals surface area contributed by atoms with Crippen LogP contribution in [0.4, 0.5) is 5.69 Å². The highest BCUT2D eigenvalue weighted by Crippen LogP contribution is 2.37. The predicted octanol–water partition coefficient (Wildman–Crippen LogP) is 4.71. The van der Waals surface area contributed by atoms with Crippen LogP contribution in [0.25, 0.3) is 11.4 Å². The molecular formula is C20H21ClN4O5S. The fourth-order valence-corrected chi connectivity index (χ4v) is 4.06. The Hall–Kier alpha value is -2.82. The van der Waals surface area contributed by atoms with E-state index >= 15 is 0 Å². The van der Waals surface area contributed by atoms with Gasteiger partial charge in [0, 0.05) is 42.9 Å². The lowest BCUT2D eigenvalue weighted by Gasteiger charge is -2.12. The molecule has 0 saturated carbocycles. The molecule has 31 heavy (non-hydrogen) atoms. The van der Waals surface area contributed by atoms with Gasteiger partial charge in [-0.05, 0) is 42.4 Å². The van der Waals surface area contributed by atoms with E-state index in [2.05, 4.69) is 10.2 Å². The molecular weight excluding hydrogens is 444 g/mol. The zero-order valence-corrected chi connectivity index (χ0v) is 18.8. The van der Waals surface area contributed by atoms with Gasteiger partial charge in [0.1, 0.15) is 0 Å². The molecule has 0 saturated heterocycles. The first-order valence-corrected chi connectivity index (χ1v) is 10.4. The van der Waals surface area contributed by atoms with Crippen molar-refractivity contribution in [2.24, 2.45) is 0 Å². The Morgan fingerprint density at radius 2 is 1.87 bits per heavy atom. The summed E-state index contributed by atoms with van der Waals surface area (Å²) in [6.45, 7) is 1.18. The lowest BCUT2D eigenvalue weighted by atomic mass is 10.2. The van der Waals surface area contributed by atoms with Gasteiger partial charge in [0.25, 0.3) is 5.69 Å². The molecule has 164 valence electrons. The first-order chi connectivity index (χ1) is 15.0. The van der Waals surface area contributed by atoms with Gasteiger partial charge in [-0.1, -0.05) is 11.6 Å². The minimum absolute atomic E-state index is 0.0677.